The minimum atomic E-state index is -0.550. The maximum atomic E-state index is 13.0. The van der Waals surface area contributed by atoms with E-state index in [9.17, 15) is 4.79 Å². The summed E-state index contributed by atoms with van der Waals surface area (Å²) in [5.74, 6) is 1.52. The molecule has 0 radical (unpaired) electrons. The fourth-order valence-corrected chi connectivity index (χ4v) is 5.54. The number of ether oxygens (including phenoxy) is 4. The van der Waals surface area contributed by atoms with Crippen molar-refractivity contribution in [1.29, 1.82) is 0 Å². The molecular weight excluding hydrogens is 508 g/mol. The molecule has 0 unspecified atom stereocenters. The van der Waals surface area contributed by atoms with Crippen LogP contribution in [0.2, 0.25) is 0 Å². The van der Waals surface area contributed by atoms with Gasteiger partial charge in [0.25, 0.3) is 5.91 Å². The van der Waals surface area contributed by atoms with Crippen LogP contribution in [0, 0.1) is 0 Å². The lowest BCUT2D eigenvalue weighted by atomic mass is 9.88. The molecule has 2 saturated heterocycles. The van der Waals surface area contributed by atoms with E-state index in [-0.39, 0.29) is 17.6 Å². The highest BCUT2D eigenvalue weighted by Gasteiger charge is 2.39. The van der Waals surface area contributed by atoms with Crippen LogP contribution < -0.4 is 20.5 Å². The molecule has 9 nitrogen and oxygen atoms in total. The molecule has 210 valence electrons. The van der Waals surface area contributed by atoms with Gasteiger partial charge in [-0.25, -0.2) is 0 Å². The first kappa shape index (κ1) is 26.4. The van der Waals surface area contributed by atoms with Crippen LogP contribution in [0.4, 0.5) is 0 Å². The van der Waals surface area contributed by atoms with E-state index in [4.69, 9.17) is 24.7 Å². The minimum Gasteiger partial charge on any atom is -0.491 e. The van der Waals surface area contributed by atoms with Crippen molar-refractivity contribution in [1.82, 2.24) is 10.2 Å². The van der Waals surface area contributed by atoms with Gasteiger partial charge in [0.2, 0.25) is 0 Å². The first-order valence-corrected chi connectivity index (χ1v) is 13.8. The van der Waals surface area contributed by atoms with E-state index in [1.165, 1.54) is 0 Å². The molecule has 0 aliphatic carbocycles. The summed E-state index contributed by atoms with van der Waals surface area (Å²) < 4.78 is 23.4. The highest BCUT2D eigenvalue weighted by Crippen LogP contribution is 2.28. The number of hydrogen-bond acceptors (Lipinski definition) is 8. The van der Waals surface area contributed by atoms with E-state index in [1.54, 1.807) is 0 Å². The quantitative estimate of drug-likeness (QED) is 0.465. The third-order valence-corrected chi connectivity index (χ3v) is 7.84. The van der Waals surface area contributed by atoms with E-state index in [2.05, 4.69) is 34.6 Å². The second-order valence-electron chi connectivity index (χ2n) is 11.3. The van der Waals surface area contributed by atoms with E-state index in [0.717, 1.165) is 40.7 Å². The summed E-state index contributed by atoms with van der Waals surface area (Å²) in [6.07, 6.45) is 1.61. The SMILES string of the molecule is CC1(C)OC[C@@H](COc2ccc3cc(COc4ccc(C(=O)N5CCC6(CC5)CN=C(N)N6)cc4)ccc3c2)O1. The average Bonchev–Trinajstić information content (AvgIpc) is 3.51. The van der Waals surface area contributed by atoms with Crippen LogP contribution in [0.15, 0.2) is 65.7 Å². The summed E-state index contributed by atoms with van der Waals surface area (Å²) >= 11 is 0. The Labute approximate surface area is 234 Å². The van der Waals surface area contributed by atoms with Gasteiger partial charge in [-0.15, -0.1) is 0 Å². The number of nitrogens with one attached hydrogen (secondary N) is 1. The molecule has 3 aliphatic heterocycles. The van der Waals surface area contributed by atoms with Gasteiger partial charge in [-0.05, 0) is 85.5 Å². The monoisotopic (exact) mass is 544 g/mol. The Kier molecular flexibility index (Phi) is 7.02. The number of aliphatic imine (C=N–C) groups is 1. The van der Waals surface area contributed by atoms with Crippen molar-refractivity contribution in [3.8, 4) is 11.5 Å². The highest BCUT2D eigenvalue weighted by molar-refractivity contribution is 5.94. The molecule has 0 saturated carbocycles. The van der Waals surface area contributed by atoms with Crippen LogP contribution in [0.3, 0.4) is 0 Å². The number of amides is 1. The first-order chi connectivity index (χ1) is 19.3. The normalized spacial score (nSPS) is 21.3. The van der Waals surface area contributed by atoms with Crippen molar-refractivity contribution >= 4 is 22.6 Å². The summed E-state index contributed by atoms with van der Waals surface area (Å²) in [5, 5.41) is 5.50. The Hall–Kier alpha value is -3.82. The van der Waals surface area contributed by atoms with Crippen molar-refractivity contribution in [3.63, 3.8) is 0 Å². The zero-order chi connectivity index (χ0) is 27.7. The third kappa shape index (κ3) is 5.85. The first-order valence-electron chi connectivity index (χ1n) is 13.8. The molecule has 0 aromatic heterocycles. The maximum Gasteiger partial charge on any atom is 0.253 e. The fraction of sp³-hybridized carbons (Fsp3) is 0.419. The maximum absolute atomic E-state index is 13.0. The Balaban J connectivity index is 0.998. The van der Waals surface area contributed by atoms with Gasteiger partial charge in [-0.3, -0.25) is 9.79 Å². The third-order valence-electron chi connectivity index (χ3n) is 7.84. The molecule has 1 spiro atoms. The Morgan fingerprint density at radius 3 is 2.45 bits per heavy atom. The van der Waals surface area contributed by atoms with Crippen LogP contribution in [0.1, 0.15) is 42.6 Å². The molecule has 1 amide bonds. The standard InChI is InChI=1S/C31H36N4O5/c1-30(2)39-19-27(40-30)18-38-26-10-7-23-15-21(3-4-24(23)16-26)17-37-25-8-5-22(6-9-25)28(36)35-13-11-31(12-14-35)20-33-29(32)34-31/h3-10,15-16,27H,11-14,17-20H2,1-2H3,(H3,32,33,34)/t27-/m1/s1. The number of nitrogens with two attached hydrogens (primary N) is 1. The average molecular weight is 545 g/mol. The van der Waals surface area contributed by atoms with E-state index in [0.29, 0.717) is 51.0 Å². The number of likely N-dealkylation sites (tertiary alicyclic amines) is 1. The molecule has 2 fully saturated rings. The van der Waals surface area contributed by atoms with Gasteiger partial charge >= 0.3 is 0 Å². The van der Waals surface area contributed by atoms with Crippen molar-refractivity contribution in [3.05, 3.63) is 71.8 Å². The summed E-state index contributed by atoms with van der Waals surface area (Å²) in [6, 6.07) is 19.7. The smallest absolute Gasteiger partial charge is 0.253 e. The van der Waals surface area contributed by atoms with Crippen LogP contribution in [-0.4, -0.2) is 67.0 Å². The molecule has 3 aromatic carbocycles. The Morgan fingerprint density at radius 1 is 1.02 bits per heavy atom. The lowest BCUT2D eigenvalue weighted by Crippen LogP contribution is -2.55. The Bertz CT molecular complexity index is 1410. The van der Waals surface area contributed by atoms with E-state index in [1.807, 2.05) is 55.1 Å². The number of hydrogen-bond donors (Lipinski definition) is 2. The van der Waals surface area contributed by atoms with Crippen LogP contribution in [0.5, 0.6) is 11.5 Å². The number of benzene rings is 3. The molecule has 3 heterocycles. The van der Waals surface area contributed by atoms with Crippen molar-refractivity contribution in [2.24, 2.45) is 10.7 Å². The number of guanidine groups is 1. The second-order valence-corrected chi connectivity index (χ2v) is 11.3. The van der Waals surface area contributed by atoms with Gasteiger partial charge in [0.05, 0.1) is 18.7 Å². The summed E-state index contributed by atoms with van der Waals surface area (Å²) in [7, 11) is 0. The zero-order valence-corrected chi connectivity index (χ0v) is 23.0. The molecule has 6 rings (SSSR count). The molecule has 3 aliphatic rings. The van der Waals surface area contributed by atoms with Gasteiger partial charge in [-0.2, -0.15) is 0 Å². The number of fused-ring (bicyclic) bond motifs is 1. The van der Waals surface area contributed by atoms with E-state index >= 15 is 0 Å². The molecule has 9 heteroatoms. The summed E-state index contributed by atoms with van der Waals surface area (Å²) in [6.45, 7) is 7.29. The largest absolute Gasteiger partial charge is 0.491 e. The van der Waals surface area contributed by atoms with Gasteiger partial charge in [-0.1, -0.05) is 18.2 Å². The predicted molar refractivity (Wildman–Crippen MR) is 153 cm³/mol. The van der Waals surface area contributed by atoms with Gasteiger partial charge < -0.3 is 34.9 Å². The number of carbonyl (C=O) groups excluding carboxylic acids is 1. The predicted octanol–water partition coefficient (Wildman–Crippen LogP) is 3.84. The molecule has 1 atom stereocenters. The summed E-state index contributed by atoms with van der Waals surface area (Å²) in [4.78, 5) is 19.2. The van der Waals surface area contributed by atoms with Crippen molar-refractivity contribution in [2.45, 2.75) is 50.7 Å². The lowest BCUT2D eigenvalue weighted by molar-refractivity contribution is -0.141. The number of nitrogens with zero attached hydrogens (tertiary/aromatic N) is 2. The Morgan fingerprint density at radius 2 is 1.75 bits per heavy atom. The highest BCUT2D eigenvalue weighted by atomic mass is 16.7. The lowest BCUT2D eigenvalue weighted by Gasteiger charge is -2.39. The molecule has 3 aromatic rings. The molecule has 0 bridgehead atoms. The molecule has 40 heavy (non-hydrogen) atoms. The number of carbonyl (C=O) groups is 1. The molecule has 3 N–H and O–H groups in total. The van der Waals surface area contributed by atoms with Crippen LogP contribution in [0.25, 0.3) is 10.8 Å². The van der Waals surface area contributed by atoms with Gasteiger partial charge in [0.1, 0.15) is 30.8 Å². The van der Waals surface area contributed by atoms with Crippen molar-refractivity contribution in [2.75, 3.05) is 32.8 Å². The fourth-order valence-electron chi connectivity index (χ4n) is 5.54. The van der Waals surface area contributed by atoms with Crippen LogP contribution in [-0.2, 0) is 16.1 Å². The summed E-state index contributed by atoms with van der Waals surface area (Å²) in [5.41, 5.74) is 7.44. The second kappa shape index (κ2) is 10.6. The molecular formula is C31H36N4O5. The topological polar surface area (TPSA) is 108 Å². The van der Waals surface area contributed by atoms with Gasteiger partial charge in [0, 0.05) is 18.7 Å². The van der Waals surface area contributed by atoms with Gasteiger partial charge in [0.15, 0.2) is 11.7 Å². The van der Waals surface area contributed by atoms with E-state index < -0.39 is 5.79 Å². The zero-order valence-electron chi connectivity index (χ0n) is 23.0. The number of rotatable bonds is 7. The number of piperidine rings is 1. The minimum absolute atomic E-state index is 0.0408. The van der Waals surface area contributed by atoms with Crippen molar-refractivity contribution < 1.29 is 23.7 Å². The van der Waals surface area contributed by atoms with Crippen LogP contribution >= 0.6 is 0 Å².